The number of carboxylic acid groups (broad SMARTS) is 1. The number of carboxylic acids is 1. The molecule has 0 heterocycles. The molecule has 21 heavy (non-hydrogen) atoms. The SMILES string of the molecule is Cc1ccc(C=CC(=O)c2ccccc2C(=O)O)cc1C. The molecule has 0 spiro atoms. The number of aromatic carboxylic acids is 1. The first-order valence-corrected chi connectivity index (χ1v) is 6.61. The summed E-state index contributed by atoms with van der Waals surface area (Å²) in [4.78, 5) is 23.3. The largest absolute Gasteiger partial charge is 0.478 e. The third-order valence-electron chi connectivity index (χ3n) is 3.38. The summed E-state index contributed by atoms with van der Waals surface area (Å²) in [5.41, 5.74) is 3.47. The number of carbonyl (C=O) groups is 2. The Balaban J connectivity index is 2.27. The van der Waals surface area contributed by atoms with Crippen LogP contribution in [0.5, 0.6) is 0 Å². The smallest absolute Gasteiger partial charge is 0.336 e. The van der Waals surface area contributed by atoms with E-state index in [4.69, 9.17) is 5.11 Å². The lowest BCUT2D eigenvalue weighted by atomic mass is 10.0. The lowest BCUT2D eigenvalue weighted by molar-refractivity contribution is 0.0693. The number of hydrogen-bond donors (Lipinski definition) is 1. The minimum absolute atomic E-state index is 0.0206. The number of hydrogen-bond acceptors (Lipinski definition) is 2. The van der Waals surface area contributed by atoms with Crippen molar-refractivity contribution in [3.8, 4) is 0 Å². The minimum Gasteiger partial charge on any atom is -0.478 e. The Hall–Kier alpha value is -2.68. The Morgan fingerprint density at radius 1 is 0.952 bits per heavy atom. The molecule has 0 bridgehead atoms. The molecular weight excluding hydrogens is 264 g/mol. The van der Waals surface area contributed by atoms with E-state index in [1.165, 1.54) is 23.8 Å². The van der Waals surface area contributed by atoms with E-state index < -0.39 is 5.97 Å². The second kappa shape index (κ2) is 6.18. The fourth-order valence-corrected chi connectivity index (χ4v) is 2.01. The van der Waals surface area contributed by atoms with Crippen molar-refractivity contribution in [2.24, 2.45) is 0 Å². The van der Waals surface area contributed by atoms with Crippen molar-refractivity contribution in [1.29, 1.82) is 0 Å². The molecule has 0 saturated heterocycles. The molecule has 0 amide bonds. The van der Waals surface area contributed by atoms with Crippen molar-refractivity contribution < 1.29 is 14.7 Å². The van der Waals surface area contributed by atoms with Gasteiger partial charge in [0.25, 0.3) is 0 Å². The fourth-order valence-electron chi connectivity index (χ4n) is 2.01. The number of benzene rings is 2. The van der Waals surface area contributed by atoms with Gasteiger partial charge in [-0.1, -0.05) is 42.5 Å². The zero-order valence-corrected chi connectivity index (χ0v) is 12.0. The molecule has 1 N–H and O–H groups in total. The van der Waals surface area contributed by atoms with Crippen LogP contribution in [0.25, 0.3) is 6.08 Å². The second-order valence-electron chi connectivity index (χ2n) is 4.89. The standard InChI is InChI=1S/C18H16O3/c1-12-7-8-14(11-13(12)2)9-10-17(19)15-5-3-4-6-16(15)18(20)21/h3-11H,1-2H3,(H,20,21). The molecule has 0 saturated carbocycles. The quantitative estimate of drug-likeness (QED) is 0.682. The molecule has 0 unspecified atom stereocenters. The average Bonchev–Trinajstić information content (AvgIpc) is 2.48. The summed E-state index contributed by atoms with van der Waals surface area (Å²) in [7, 11) is 0. The van der Waals surface area contributed by atoms with Gasteiger partial charge in [-0.15, -0.1) is 0 Å². The summed E-state index contributed by atoms with van der Waals surface area (Å²) in [6.07, 6.45) is 3.11. The molecule has 0 aliphatic heterocycles. The van der Waals surface area contributed by atoms with Crippen LogP contribution in [0.2, 0.25) is 0 Å². The molecule has 0 aliphatic carbocycles. The van der Waals surface area contributed by atoms with Crippen LogP contribution in [-0.2, 0) is 0 Å². The van der Waals surface area contributed by atoms with Gasteiger partial charge in [-0.3, -0.25) is 4.79 Å². The maximum atomic E-state index is 12.1. The molecule has 0 aliphatic rings. The van der Waals surface area contributed by atoms with Crippen LogP contribution in [0.1, 0.15) is 37.4 Å². The number of ketones is 1. The Labute approximate surface area is 123 Å². The highest BCUT2D eigenvalue weighted by atomic mass is 16.4. The molecule has 0 aromatic heterocycles. The summed E-state index contributed by atoms with van der Waals surface area (Å²) < 4.78 is 0. The maximum absolute atomic E-state index is 12.1. The van der Waals surface area contributed by atoms with E-state index in [0.29, 0.717) is 0 Å². The summed E-state index contributed by atoms with van der Waals surface area (Å²) in [5.74, 6) is -1.41. The van der Waals surface area contributed by atoms with Crippen LogP contribution in [0.4, 0.5) is 0 Å². The summed E-state index contributed by atoms with van der Waals surface area (Å²) in [6.45, 7) is 4.03. The van der Waals surface area contributed by atoms with Crippen LogP contribution in [0.3, 0.4) is 0 Å². The first-order chi connectivity index (χ1) is 9.99. The first kappa shape index (κ1) is 14.7. The number of aryl methyl sites for hydroxylation is 2. The van der Waals surface area contributed by atoms with Gasteiger partial charge < -0.3 is 5.11 Å². The highest BCUT2D eigenvalue weighted by molar-refractivity contribution is 6.12. The molecule has 3 heteroatoms. The highest BCUT2D eigenvalue weighted by Crippen LogP contribution is 2.14. The summed E-state index contributed by atoms with van der Waals surface area (Å²) in [5, 5.41) is 9.09. The van der Waals surface area contributed by atoms with E-state index in [1.54, 1.807) is 18.2 Å². The van der Waals surface area contributed by atoms with Crippen molar-refractivity contribution in [2.75, 3.05) is 0 Å². The molecule has 2 rings (SSSR count). The molecule has 0 fully saturated rings. The van der Waals surface area contributed by atoms with E-state index in [-0.39, 0.29) is 16.9 Å². The Morgan fingerprint density at radius 3 is 2.24 bits per heavy atom. The third kappa shape index (κ3) is 3.45. The zero-order chi connectivity index (χ0) is 15.4. The van der Waals surface area contributed by atoms with Crippen LogP contribution >= 0.6 is 0 Å². The van der Waals surface area contributed by atoms with Gasteiger partial charge in [-0.25, -0.2) is 4.79 Å². The minimum atomic E-state index is -1.10. The van der Waals surface area contributed by atoms with E-state index in [0.717, 1.165) is 11.1 Å². The van der Waals surface area contributed by atoms with E-state index in [2.05, 4.69) is 0 Å². The topological polar surface area (TPSA) is 54.4 Å². The van der Waals surface area contributed by atoms with E-state index >= 15 is 0 Å². The molecule has 106 valence electrons. The van der Waals surface area contributed by atoms with E-state index in [9.17, 15) is 9.59 Å². The van der Waals surface area contributed by atoms with Crippen molar-refractivity contribution in [2.45, 2.75) is 13.8 Å². The third-order valence-corrected chi connectivity index (χ3v) is 3.38. The fraction of sp³-hybridized carbons (Fsp3) is 0.111. The summed E-state index contributed by atoms with van der Waals surface area (Å²) in [6, 6.07) is 12.1. The van der Waals surface area contributed by atoms with Crippen molar-refractivity contribution in [1.82, 2.24) is 0 Å². The van der Waals surface area contributed by atoms with Gasteiger partial charge in [0, 0.05) is 5.56 Å². The molecular formula is C18H16O3. The molecule has 2 aromatic rings. The Bertz CT molecular complexity index is 727. The van der Waals surface area contributed by atoms with Gasteiger partial charge in [-0.2, -0.15) is 0 Å². The first-order valence-electron chi connectivity index (χ1n) is 6.61. The molecule has 0 radical (unpaired) electrons. The van der Waals surface area contributed by atoms with Crippen molar-refractivity contribution in [3.05, 3.63) is 76.4 Å². The molecule has 2 aromatic carbocycles. The van der Waals surface area contributed by atoms with Gasteiger partial charge >= 0.3 is 5.97 Å². The van der Waals surface area contributed by atoms with Crippen LogP contribution in [0.15, 0.2) is 48.5 Å². The zero-order valence-electron chi connectivity index (χ0n) is 12.0. The van der Waals surface area contributed by atoms with Crippen LogP contribution in [0, 0.1) is 13.8 Å². The normalized spacial score (nSPS) is 10.8. The van der Waals surface area contributed by atoms with Gasteiger partial charge in [-0.05, 0) is 42.7 Å². The second-order valence-corrected chi connectivity index (χ2v) is 4.89. The molecule has 0 atom stereocenters. The number of rotatable bonds is 4. The van der Waals surface area contributed by atoms with Crippen LogP contribution in [-0.4, -0.2) is 16.9 Å². The number of allylic oxidation sites excluding steroid dienone is 1. The highest BCUT2D eigenvalue weighted by Gasteiger charge is 2.13. The maximum Gasteiger partial charge on any atom is 0.336 e. The predicted octanol–water partition coefficient (Wildman–Crippen LogP) is 3.90. The monoisotopic (exact) mass is 280 g/mol. The van der Waals surface area contributed by atoms with Gasteiger partial charge in [0.05, 0.1) is 5.56 Å². The number of carbonyl (C=O) groups excluding carboxylic acids is 1. The summed E-state index contributed by atoms with van der Waals surface area (Å²) >= 11 is 0. The van der Waals surface area contributed by atoms with Gasteiger partial charge in [0.1, 0.15) is 0 Å². The Kier molecular flexibility index (Phi) is 4.33. The lowest BCUT2D eigenvalue weighted by Crippen LogP contribution is -2.06. The lowest BCUT2D eigenvalue weighted by Gasteiger charge is -2.02. The van der Waals surface area contributed by atoms with Crippen LogP contribution < -0.4 is 0 Å². The van der Waals surface area contributed by atoms with E-state index in [1.807, 2.05) is 32.0 Å². The predicted molar refractivity (Wildman–Crippen MR) is 82.7 cm³/mol. The van der Waals surface area contributed by atoms with Crippen molar-refractivity contribution in [3.63, 3.8) is 0 Å². The average molecular weight is 280 g/mol. The van der Waals surface area contributed by atoms with Gasteiger partial charge in [0.15, 0.2) is 5.78 Å². The van der Waals surface area contributed by atoms with Gasteiger partial charge in [0.2, 0.25) is 0 Å². The Morgan fingerprint density at radius 2 is 1.62 bits per heavy atom. The van der Waals surface area contributed by atoms with Crippen molar-refractivity contribution >= 4 is 17.8 Å². The molecule has 3 nitrogen and oxygen atoms in total.